The lowest BCUT2D eigenvalue weighted by Crippen LogP contribution is -2.50. The Morgan fingerprint density at radius 1 is 1.31 bits per heavy atom. The molecule has 0 radical (unpaired) electrons. The first-order chi connectivity index (χ1) is 17.5. The summed E-state index contributed by atoms with van der Waals surface area (Å²) in [6.45, 7) is 1.50. The molecule has 3 fully saturated rings. The van der Waals surface area contributed by atoms with Gasteiger partial charge in [0.1, 0.15) is 17.5 Å². The molecule has 4 aliphatic rings. The van der Waals surface area contributed by atoms with Gasteiger partial charge in [0.15, 0.2) is 0 Å². The Labute approximate surface area is 208 Å². The number of benzene rings is 1. The summed E-state index contributed by atoms with van der Waals surface area (Å²) in [4.78, 5) is 29.5. The molecular formula is C27H28FN5O3. The molecule has 1 saturated carbocycles. The minimum Gasteiger partial charge on any atom is -0.450 e. The van der Waals surface area contributed by atoms with Crippen LogP contribution in [0.5, 0.6) is 0 Å². The second kappa shape index (κ2) is 8.95. The highest BCUT2D eigenvalue weighted by molar-refractivity contribution is 5.95. The lowest BCUT2D eigenvalue weighted by molar-refractivity contribution is -0.124. The molecule has 1 aliphatic carbocycles. The van der Waals surface area contributed by atoms with Gasteiger partial charge in [-0.1, -0.05) is 12.1 Å². The molecule has 9 heteroatoms. The Balaban J connectivity index is 1.19. The quantitative estimate of drug-likeness (QED) is 0.552. The predicted molar refractivity (Wildman–Crippen MR) is 128 cm³/mol. The van der Waals surface area contributed by atoms with Gasteiger partial charge in [0.05, 0.1) is 23.4 Å². The molecule has 3 aliphatic heterocycles. The third-order valence-corrected chi connectivity index (χ3v) is 8.20. The highest BCUT2D eigenvalue weighted by atomic mass is 19.1. The zero-order chi connectivity index (χ0) is 24.9. The molecule has 2 saturated heterocycles. The number of esters is 1. The van der Waals surface area contributed by atoms with E-state index >= 15 is 4.39 Å². The van der Waals surface area contributed by atoms with Gasteiger partial charge in [0.2, 0.25) is 5.91 Å². The standard InChI is InChI=1S/C27H28FN5O3/c28-22-11-16(23-12-21-20(14-31-23)26(35)36-27(21)5-7-30-8-6-27)2-1-15(22)9-19(13-29)33-25(34)24-17-3-4-18(10-17)32-24/h1-2,11-12,14,17-19,24,30,32H,3-10H2,(H,33,34)/t17-,18+,19-,24-/m0/s1. The smallest absolute Gasteiger partial charge is 0.341 e. The number of pyridine rings is 1. The second-order valence-electron chi connectivity index (χ2n) is 10.4. The van der Waals surface area contributed by atoms with Gasteiger partial charge < -0.3 is 20.7 Å². The summed E-state index contributed by atoms with van der Waals surface area (Å²) in [5.74, 6) is -0.699. The van der Waals surface area contributed by atoms with E-state index in [4.69, 9.17) is 4.74 Å². The van der Waals surface area contributed by atoms with Crippen LogP contribution in [0.1, 0.15) is 53.6 Å². The number of nitrogens with one attached hydrogen (secondary N) is 3. The monoisotopic (exact) mass is 489 g/mol. The molecule has 0 unspecified atom stereocenters. The fourth-order valence-electron chi connectivity index (χ4n) is 6.28. The average Bonchev–Trinajstić information content (AvgIpc) is 3.59. The van der Waals surface area contributed by atoms with Crippen LogP contribution in [0.2, 0.25) is 0 Å². The molecule has 4 atom stereocenters. The van der Waals surface area contributed by atoms with Gasteiger partial charge in [-0.3, -0.25) is 9.78 Å². The van der Waals surface area contributed by atoms with E-state index in [0.717, 1.165) is 37.9 Å². The van der Waals surface area contributed by atoms with Gasteiger partial charge >= 0.3 is 5.97 Å². The highest BCUT2D eigenvalue weighted by Crippen LogP contribution is 2.43. The summed E-state index contributed by atoms with van der Waals surface area (Å²) in [6, 6.07) is 8.02. The fourth-order valence-corrected chi connectivity index (χ4v) is 6.28. The Kier molecular flexibility index (Phi) is 5.73. The van der Waals surface area contributed by atoms with Gasteiger partial charge in [-0.2, -0.15) is 5.26 Å². The number of hydrogen-bond acceptors (Lipinski definition) is 7. The Morgan fingerprint density at radius 3 is 2.83 bits per heavy atom. The average molecular weight is 490 g/mol. The van der Waals surface area contributed by atoms with E-state index in [2.05, 4.69) is 27.0 Å². The molecule has 1 amide bonds. The molecule has 2 aromatic rings. The SMILES string of the molecule is N#C[C@H](Cc1ccc(-c2cc3c(cn2)C(=O)OC32CCNCC2)cc1F)NC(=O)[C@H]1N[C@@H]2CC[C@H]1C2. The topological polar surface area (TPSA) is 116 Å². The first kappa shape index (κ1) is 23.1. The lowest BCUT2D eigenvalue weighted by atomic mass is 9.84. The van der Waals surface area contributed by atoms with E-state index < -0.39 is 17.5 Å². The molecule has 8 nitrogen and oxygen atoms in total. The summed E-state index contributed by atoms with van der Waals surface area (Å²) in [5.41, 5.74) is 2.11. The van der Waals surface area contributed by atoms with Gasteiger partial charge in [-0.15, -0.1) is 0 Å². The number of carbonyl (C=O) groups excluding carboxylic acids is 2. The van der Waals surface area contributed by atoms with Crippen LogP contribution in [-0.2, 0) is 21.6 Å². The van der Waals surface area contributed by atoms with Crippen LogP contribution in [0.15, 0.2) is 30.5 Å². The third-order valence-electron chi connectivity index (χ3n) is 8.20. The van der Waals surface area contributed by atoms with Crippen LogP contribution in [-0.4, -0.2) is 48.1 Å². The van der Waals surface area contributed by atoms with Crippen LogP contribution in [0, 0.1) is 23.1 Å². The van der Waals surface area contributed by atoms with Crippen molar-refractivity contribution in [3.05, 3.63) is 53.0 Å². The maximum absolute atomic E-state index is 15.1. The van der Waals surface area contributed by atoms with Crippen LogP contribution in [0.25, 0.3) is 11.3 Å². The number of ether oxygens (including phenoxy) is 1. The number of piperidine rings is 2. The van der Waals surface area contributed by atoms with Gasteiger partial charge in [-0.05, 0) is 56.0 Å². The number of nitriles is 1. The minimum atomic E-state index is -0.820. The van der Waals surface area contributed by atoms with E-state index in [-0.39, 0.29) is 24.3 Å². The molecule has 6 rings (SSSR count). The Morgan fingerprint density at radius 2 is 2.14 bits per heavy atom. The summed E-state index contributed by atoms with van der Waals surface area (Å²) in [5, 5.41) is 19.0. The number of carbonyl (C=O) groups is 2. The number of aromatic nitrogens is 1. The van der Waals surface area contributed by atoms with Crippen molar-refractivity contribution in [2.75, 3.05) is 13.1 Å². The maximum atomic E-state index is 15.1. The van der Waals surface area contributed by atoms with E-state index in [1.807, 2.05) is 6.07 Å². The Hall–Kier alpha value is -3.35. The van der Waals surface area contributed by atoms with Crippen molar-refractivity contribution >= 4 is 11.9 Å². The van der Waals surface area contributed by atoms with E-state index in [9.17, 15) is 14.9 Å². The van der Waals surface area contributed by atoms with Crippen molar-refractivity contribution in [1.29, 1.82) is 5.26 Å². The van der Waals surface area contributed by atoms with Crippen LogP contribution in [0.4, 0.5) is 4.39 Å². The molecule has 2 bridgehead atoms. The molecule has 36 heavy (non-hydrogen) atoms. The highest BCUT2D eigenvalue weighted by Gasteiger charge is 2.46. The van der Waals surface area contributed by atoms with E-state index in [0.29, 0.717) is 47.2 Å². The van der Waals surface area contributed by atoms with Gasteiger partial charge in [0, 0.05) is 42.6 Å². The molecule has 4 heterocycles. The van der Waals surface area contributed by atoms with Crippen molar-refractivity contribution in [2.24, 2.45) is 5.92 Å². The minimum absolute atomic E-state index is 0.0746. The van der Waals surface area contributed by atoms with Crippen LogP contribution in [0.3, 0.4) is 0 Å². The molecule has 186 valence electrons. The third kappa shape index (κ3) is 3.94. The van der Waals surface area contributed by atoms with Crippen molar-refractivity contribution in [3.8, 4) is 17.3 Å². The zero-order valence-corrected chi connectivity index (χ0v) is 19.9. The van der Waals surface area contributed by atoms with Crippen molar-refractivity contribution in [2.45, 2.75) is 62.3 Å². The molecule has 1 spiro atoms. The maximum Gasteiger partial charge on any atom is 0.341 e. The van der Waals surface area contributed by atoms with E-state index in [1.54, 1.807) is 12.1 Å². The molecule has 3 N–H and O–H groups in total. The van der Waals surface area contributed by atoms with Crippen molar-refractivity contribution < 1.29 is 18.7 Å². The largest absolute Gasteiger partial charge is 0.450 e. The summed E-state index contributed by atoms with van der Waals surface area (Å²) < 4.78 is 20.9. The molecule has 1 aromatic carbocycles. The molecule has 1 aromatic heterocycles. The first-order valence-electron chi connectivity index (χ1n) is 12.7. The predicted octanol–water partition coefficient (Wildman–Crippen LogP) is 2.33. The number of fused-ring (bicyclic) bond motifs is 4. The first-order valence-corrected chi connectivity index (χ1v) is 12.7. The van der Waals surface area contributed by atoms with Gasteiger partial charge in [0.25, 0.3) is 0 Å². The summed E-state index contributed by atoms with van der Waals surface area (Å²) >= 11 is 0. The summed E-state index contributed by atoms with van der Waals surface area (Å²) in [7, 11) is 0. The molecular weight excluding hydrogens is 461 g/mol. The number of halogens is 1. The van der Waals surface area contributed by atoms with Crippen molar-refractivity contribution in [3.63, 3.8) is 0 Å². The lowest BCUT2D eigenvalue weighted by Gasteiger charge is -2.33. The van der Waals surface area contributed by atoms with E-state index in [1.165, 1.54) is 12.3 Å². The number of nitrogens with zero attached hydrogens (tertiary/aromatic N) is 2. The fraction of sp³-hybridized carbons (Fsp3) is 0.481. The number of hydrogen-bond donors (Lipinski definition) is 3. The summed E-state index contributed by atoms with van der Waals surface area (Å²) in [6.07, 6.45) is 6.07. The number of amides is 1. The Bertz CT molecular complexity index is 1270. The van der Waals surface area contributed by atoms with Crippen LogP contribution < -0.4 is 16.0 Å². The normalized spacial score (nSPS) is 26.3. The second-order valence-corrected chi connectivity index (χ2v) is 10.4. The van der Waals surface area contributed by atoms with Crippen molar-refractivity contribution in [1.82, 2.24) is 20.9 Å². The van der Waals surface area contributed by atoms with Crippen LogP contribution >= 0.6 is 0 Å². The number of rotatable bonds is 5. The zero-order valence-electron chi connectivity index (χ0n) is 19.9. The van der Waals surface area contributed by atoms with Gasteiger partial charge in [-0.25, -0.2) is 9.18 Å².